The second-order valence-corrected chi connectivity index (χ2v) is 6.30. The van der Waals surface area contributed by atoms with Crippen LogP contribution in [0.4, 0.5) is 4.39 Å². The fourth-order valence-electron chi connectivity index (χ4n) is 3.20. The zero-order chi connectivity index (χ0) is 19.0. The minimum absolute atomic E-state index is 0.0986. The summed E-state index contributed by atoms with van der Waals surface area (Å²) in [6.45, 7) is -0.476. The number of aliphatic carboxylic acids is 1. The summed E-state index contributed by atoms with van der Waals surface area (Å²) in [5, 5.41) is 9.15. The third-order valence-electron chi connectivity index (χ3n) is 4.47. The van der Waals surface area contributed by atoms with Crippen LogP contribution in [0.2, 0.25) is 0 Å². The molecule has 0 saturated carbocycles. The molecule has 0 bridgehead atoms. The summed E-state index contributed by atoms with van der Waals surface area (Å²) in [7, 11) is 0. The highest BCUT2D eigenvalue weighted by molar-refractivity contribution is 5.87. The van der Waals surface area contributed by atoms with Crippen LogP contribution in [0, 0.1) is 5.82 Å². The number of ether oxygens (including phenoxy) is 1. The Morgan fingerprint density at radius 2 is 1.96 bits per heavy atom. The molecule has 1 aromatic heterocycles. The number of fused-ring (bicyclic) bond motifs is 2. The number of carboxylic acids is 1. The normalized spacial score (nSPS) is 14.5. The van der Waals surface area contributed by atoms with E-state index in [2.05, 4.69) is 0 Å². The van der Waals surface area contributed by atoms with Crippen LogP contribution in [0.25, 0.3) is 22.6 Å². The van der Waals surface area contributed by atoms with E-state index in [-0.39, 0.29) is 11.2 Å². The van der Waals surface area contributed by atoms with E-state index >= 15 is 0 Å². The third-order valence-corrected chi connectivity index (χ3v) is 4.47. The number of hydrogen-bond acceptors (Lipinski definition) is 4. The molecule has 1 heterocycles. The first-order valence-corrected chi connectivity index (χ1v) is 8.42. The highest BCUT2D eigenvalue weighted by Crippen LogP contribution is 2.34. The number of carbonyl (C=O) groups is 1. The van der Waals surface area contributed by atoms with Crippen molar-refractivity contribution < 1.29 is 23.4 Å². The molecule has 27 heavy (non-hydrogen) atoms. The van der Waals surface area contributed by atoms with E-state index in [9.17, 15) is 14.0 Å². The monoisotopic (exact) mass is 366 g/mol. The molecule has 6 heteroatoms. The van der Waals surface area contributed by atoms with Crippen molar-refractivity contribution in [3.63, 3.8) is 0 Å². The predicted molar refractivity (Wildman–Crippen MR) is 98.2 cm³/mol. The lowest BCUT2D eigenvalue weighted by Crippen LogP contribution is -2.10. The van der Waals surface area contributed by atoms with Gasteiger partial charge >= 0.3 is 5.97 Å². The molecule has 5 nitrogen and oxygen atoms in total. The average Bonchev–Trinajstić information content (AvgIpc) is 3.05. The lowest BCUT2D eigenvalue weighted by atomic mass is 10.1. The lowest BCUT2D eigenvalue weighted by Gasteiger charge is -2.07. The molecule has 0 atom stereocenters. The zero-order valence-electron chi connectivity index (χ0n) is 14.2. The van der Waals surface area contributed by atoms with Gasteiger partial charge < -0.3 is 14.3 Å². The van der Waals surface area contributed by atoms with E-state index in [0.717, 1.165) is 11.1 Å². The largest absolute Gasteiger partial charge is 0.482 e. The second kappa shape index (κ2) is 6.72. The van der Waals surface area contributed by atoms with E-state index in [1.807, 2.05) is 6.08 Å². The number of hydrogen-bond donors (Lipinski definition) is 1. The highest BCUT2D eigenvalue weighted by Gasteiger charge is 2.24. The van der Waals surface area contributed by atoms with Crippen molar-refractivity contribution in [1.82, 2.24) is 0 Å². The molecule has 0 spiro atoms. The van der Waals surface area contributed by atoms with E-state index < -0.39 is 12.6 Å². The quantitative estimate of drug-likeness (QED) is 0.758. The van der Waals surface area contributed by atoms with Gasteiger partial charge in [0, 0.05) is 11.6 Å². The van der Waals surface area contributed by atoms with E-state index in [4.69, 9.17) is 14.3 Å². The maximum atomic E-state index is 13.1. The lowest BCUT2D eigenvalue weighted by molar-refractivity contribution is -0.139. The molecular formula is C21H15FO5. The fraction of sp³-hybridized carbons (Fsp3) is 0.143. The van der Waals surface area contributed by atoms with Gasteiger partial charge in [0.15, 0.2) is 12.0 Å². The van der Waals surface area contributed by atoms with Gasteiger partial charge in [0.2, 0.25) is 0 Å². The minimum Gasteiger partial charge on any atom is -0.482 e. The van der Waals surface area contributed by atoms with Crippen LogP contribution in [0.3, 0.4) is 0 Å². The maximum Gasteiger partial charge on any atom is 0.341 e. The van der Waals surface area contributed by atoms with Crippen LogP contribution in [0.15, 0.2) is 51.7 Å². The maximum absolute atomic E-state index is 13.1. The first-order chi connectivity index (χ1) is 13.0. The molecule has 1 aliphatic rings. The molecule has 0 aliphatic heterocycles. The van der Waals surface area contributed by atoms with E-state index in [1.165, 1.54) is 18.2 Å². The van der Waals surface area contributed by atoms with Gasteiger partial charge in [-0.15, -0.1) is 0 Å². The van der Waals surface area contributed by atoms with Gasteiger partial charge in [-0.1, -0.05) is 12.1 Å². The van der Waals surface area contributed by atoms with Gasteiger partial charge in [0.25, 0.3) is 0 Å². The number of rotatable bonds is 4. The third kappa shape index (κ3) is 3.33. The van der Waals surface area contributed by atoms with Crippen molar-refractivity contribution in [2.75, 3.05) is 6.61 Å². The predicted octanol–water partition coefficient (Wildman–Crippen LogP) is 3.88. The molecule has 0 radical (unpaired) electrons. The first kappa shape index (κ1) is 17.0. The van der Waals surface area contributed by atoms with Crippen molar-refractivity contribution in [3.05, 3.63) is 75.4 Å². The van der Waals surface area contributed by atoms with Crippen LogP contribution in [0.5, 0.6) is 5.75 Å². The number of benzene rings is 2. The topological polar surface area (TPSA) is 76.7 Å². The molecule has 0 saturated heterocycles. The molecule has 2 aromatic carbocycles. The Balaban J connectivity index is 1.77. The molecule has 4 rings (SSSR count). The Morgan fingerprint density at radius 1 is 1.19 bits per heavy atom. The Labute approximate surface area is 153 Å². The van der Waals surface area contributed by atoms with Gasteiger partial charge in [-0.2, -0.15) is 0 Å². The number of carboxylic acid groups (broad SMARTS) is 1. The van der Waals surface area contributed by atoms with Crippen molar-refractivity contribution >= 4 is 28.6 Å². The second-order valence-electron chi connectivity index (χ2n) is 6.30. The summed E-state index contributed by atoms with van der Waals surface area (Å²) >= 11 is 0. The Hall–Kier alpha value is -3.41. The molecule has 0 amide bonds. The minimum atomic E-state index is -1.09. The number of halogens is 1. The molecule has 0 unspecified atom stereocenters. The van der Waals surface area contributed by atoms with Crippen LogP contribution in [0.1, 0.15) is 23.3 Å². The zero-order valence-corrected chi connectivity index (χ0v) is 14.2. The summed E-state index contributed by atoms with van der Waals surface area (Å²) in [6, 6.07) is 10.7. The summed E-state index contributed by atoms with van der Waals surface area (Å²) in [6.07, 6.45) is 3.12. The van der Waals surface area contributed by atoms with E-state index in [0.29, 0.717) is 40.9 Å². The van der Waals surface area contributed by atoms with Crippen molar-refractivity contribution in [2.45, 2.75) is 12.8 Å². The van der Waals surface area contributed by atoms with Gasteiger partial charge in [0.1, 0.15) is 22.9 Å². The molecule has 3 aromatic rings. The van der Waals surface area contributed by atoms with Crippen LogP contribution >= 0.6 is 0 Å². The Bertz CT molecular complexity index is 1130. The molecular weight excluding hydrogens is 351 g/mol. The average molecular weight is 366 g/mol. The summed E-state index contributed by atoms with van der Waals surface area (Å²) in [5.41, 5.74) is 2.55. The van der Waals surface area contributed by atoms with Gasteiger partial charge in [-0.3, -0.25) is 4.79 Å². The van der Waals surface area contributed by atoms with Gasteiger partial charge in [-0.25, -0.2) is 9.18 Å². The Kier molecular flexibility index (Phi) is 4.24. The van der Waals surface area contributed by atoms with Crippen LogP contribution in [-0.4, -0.2) is 17.7 Å². The van der Waals surface area contributed by atoms with Crippen molar-refractivity contribution in [2.24, 2.45) is 0 Å². The summed E-state index contributed by atoms with van der Waals surface area (Å²) in [5.74, 6) is -0.562. The Morgan fingerprint density at radius 3 is 2.70 bits per heavy atom. The first-order valence-electron chi connectivity index (χ1n) is 8.42. The number of allylic oxidation sites excluding steroid dienone is 1. The van der Waals surface area contributed by atoms with Gasteiger partial charge in [0.05, 0.1) is 5.39 Å². The smallest absolute Gasteiger partial charge is 0.341 e. The molecule has 0 fully saturated rings. The van der Waals surface area contributed by atoms with Crippen molar-refractivity contribution in [1.29, 1.82) is 0 Å². The molecule has 1 aliphatic carbocycles. The van der Waals surface area contributed by atoms with Gasteiger partial charge in [-0.05, 0) is 54.3 Å². The molecule has 136 valence electrons. The van der Waals surface area contributed by atoms with Crippen molar-refractivity contribution in [3.8, 4) is 5.75 Å². The standard InChI is InChI=1S/C21H15FO5/c22-14-4-1-12(2-5-14)9-13-3-7-17-20(25)16-8-6-15(26-11-19(23)24)10-18(16)27-21(13)17/h1-2,4-6,8-10H,3,7,11H2,(H,23,24). The summed E-state index contributed by atoms with van der Waals surface area (Å²) in [4.78, 5) is 23.4. The molecule has 1 N–H and O–H groups in total. The van der Waals surface area contributed by atoms with Crippen LogP contribution in [-0.2, 0) is 11.2 Å². The summed E-state index contributed by atoms with van der Waals surface area (Å²) < 4.78 is 24.2. The highest BCUT2D eigenvalue weighted by atomic mass is 19.1. The van der Waals surface area contributed by atoms with Crippen LogP contribution < -0.4 is 10.2 Å². The fourth-order valence-corrected chi connectivity index (χ4v) is 3.20. The SMILES string of the molecule is O=C(O)COc1ccc2c(=O)c3c(oc2c1)C(=Cc1ccc(F)cc1)CC3. The van der Waals surface area contributed by atoms with E-state index in [1.54, 1.807) is 24.3 Å².